The molecule has 1 amide bonds. The monoisotopic (exact) mass is 486 g/mol. The molecule has 186 valence electrons. The summed E-state index contributed by atoms with van der Waals surface area (Å²) in [4.78, 5) is 18.0. The van der Waals surface area contributed by atoms with Crippen LogP contribution < -0.4 is 5.32 Å². The Morgan fingerprint density at radius 2 is 1.91 bits per heavy atom. The molecule has 1 heterocycles. The molecule has 0 aromatic heterocycles. The molecule has 1 saturated carbocycles. The third-order valence-electron chi connectivity index (χ3n) is 6.15. The normalized spacial score (nSPS) is 23.5. The van der Waals surface area contributed by atoms with E-state index in [4.69, 9.17) is 14.3 Å². The predicted molar refractivity (Wildman–Crippen MR) is 119 cm³/mol. The first-order chi connectivity index (χ1) is 15.7. The molecule has 0 radical (unpaired) electrons. The van der Waals surface area contributed by atoms with Gasteiger partial charge in [0.1, 0.15) is 11.9 Å². The van der Waals surface area contributed by atoms with Gasteiger partial charge in [0.15, 0.2) is 0 Å². The van der Waals surface area contributed by atoms with Gasteiger partial charge in [-0.15, -0.1) is 0 Å². The second-order valence-electron chi connectivity index (χ2n) is 8.65. The molecule has 10 nitrogen and oxygen atoms in total. The van der Waals surface area contributed by atoms with Crippen molar-refractivity contribution in [1.82, 2.24) is 9.79 Å². The minimum Gasteiger partial charge on any atom is -0.508 e. The van der Waals surface area contributed by atoms with E-state index >= 15 is 0 Å². The van der Waals surface area contributed by atoms with Gasteiger partial charge in [0.2, 0.25) is 0 Å². The van der Waals surface area contributed by atoms with Gasteiger partial charge in [0, 0.05) is 5.92 Å². The van der Waals surface area contributed by atoms with Crippen molar-refractivity contribution in [2.24, 2.45) is 5.92 Å². The third kappa shape index (κ3) is 6.80. The zero-order valence-electron chi connectivity index (χ0n) is 19.1. The van der Waals surface area contributed by atoms with Crippen molar-refractivity contribution in [2.45, 2.75) is 75.2 Å². The van der Waals surface area contributed by atoms with Gasteiger partial charge in [-0.1, -0.05) is 24.2 Å². The topological polar surface area (TPSA) is 135 Å². The lowest BCUT2D eigenvalue weighted by Crippen LogP contribution is -2.49. The number of aliphatic hydroxyl groups excluding tert-OH is 1. The number of aromatic hydroxyl groups is 1. The molecule has 2 fully saturated rings. The number of sulfonamides is 1. The van der Waals surface area contributed by atoms with Crippen molar-refractivity contribution in [1.29, 1.82) is 0 Å². The van der Waals surface area contributed by atoms with Gasteiger partial charge >= 0.3 is 6.09 Å². The van der Waals surface area contributed by atoms with E-state index in [2.05, 4.69) is 5.32 Å². The first-order valence-electron chi connectivity index (χ1n) is 11.4. The largest absolute Gasteiger partial charge is 0.508 e. The molecule has 1 unspecified atom stereocenters. The van der Waals surface area contributed by atoms with Crippen molar-refractivity contribution in [2.75, 3.05) is 19.8 Å². The zero-order valence-corrected chi connectivity index (χ0v) is 19.9. The molecule has 0 bridgehead atoms. The lowest BCUT2D eigenvalue weighted by molar-refractivity contribution is -0.144. The van der Waals surface area contributed by atoms with Crippen LogP contribution >= 0.6 is 0 Å². The second kappa shape index (κ2) is 11.5. The summed E-state index contributed by atoms with van der Waals surface area (Å²) in [6, 6.07) is 4.29. The number of carbonyl (C=O) groups is 1. The molecular weight excluding hydrogens is 452 g/mol. The molecular formula is C22H34N2O8S. The number of phenols is 1. The van der Waals surface area contributed by atoms with Crippen LogP contribution in [-0.4, -0.2) is 73.3 Å². The summed E-state index contributed by atoms with van der Waals surface area (Å²) >= 11 is 0. The number of aliphatic hydroxyl groups is 1. The minimum atomic E-state index is -4.11. The average Bonchev–Trinajstić information content (AvgIpc) is 3.45. The van der Waals surface area contributed by atoms with Gasteiger partial charge in [-0.05, 0) is 50.5 Å². The van der Waals surface area contributed by atoms with Crippen molar-refractivity contribution in [3.63, 3.8) is 0 Å². The van der Waals surface area contributed by atoms with Crippen LogP contribution in [0.5, 0.6) is 5.75 Å². The summed E-state index contributed by atoms with van der Waals surface area (Å²) in [5, 5.41) is 22.8. The van der Waals surface area contributed by atoms with Crippen molar-refractivity contribution < 1.29 is 37.7 Å². The van der Waals surface area contributed by atoms with Gasteiger partial charge in [0.05, 0.1) is 42.9 Å². The van der Waals surface area contributed by atoms with E-state index in [1.807, 2.05) is 6.92 Å². The van der Waals surface area contributed by atoms with Crippen LogP contribution in [-0.2, 0) is 24.3 Å². The molecule has 33 heavy (non-hydrogen) atoms. The molecule has 3 rings (SSSR count). The molecule has 11 heteroatoms. The fourth-order valence-corrected chi connectivity index (χ4v) is 5.25. The molecule has 4 atom stereocenters. The highest BCUT2D eigenvalue weighted by molar-refractivity contribution is 7.89. The fourth-order valence-electron chi connectivity index (χ4n) is 3.95. The van der Waals surface area contributed by atoms with Crippen LogP contribution in [0.15, 0.2) is 29.2 Å². The molecule has 1 aromatic carbocycles. The quantitative estimate of drug-likeness (QED) is 0.428. The maximum atomic E-state index is 13.2. The van der Waals surface area contributed by atoms with E-state index in [1.165, 1.54) is 24.3 Å². The lowest BCUT2D eigenvalue weighted by Gasteiger charge is -2.29. The molecule has 2 aliphatic rings. The molecule has 1 aliphatic heterocycles. The number of phenolic OH excluding ortho intramolecular Hbond substituents is 1. The molecule has 1 aliphatic carbocycles. The molecule has 1 saturated heterocycles. The van der Waals surface area contributed by atoms with Gasteiger partial charge in [-0.2, -0.15) is 0 Å². The Balaban J connectivity index is 1.65. The Morgan fingerprint density at radius 3 is 2.55 bits per heavy atom. The Hall–Kier alpha value is -1.92. The third-order valence-corrected chi connectivity index (χ3v) is 7.79. The van der Waals surface area contributed by atoms with Gasteiger partial charge < -0.3 is 25.0 Å². The van der Waals surface area contributed by atoms with Crippen LogP contribution in [0.1, 0.15) is 46.0 Å². The van der Waals surface area contributed by atoms with Gasteiger partial charge in [-0.3, -0.25) is 4.84 Å². The van der Waals surface area contributed by atoms with E-state index in [9.17, 15) is 23.4 Å². The van der Waals surface area contributed by atoms with Crippen molar-refractivity contribution >= 4 is 16.1 Å². The van der Waals surface area contributed by atoms with Crippen LogP contribution in [0.2, 0.25) is 0 Å². The number of hydrogen-bond acceptors (Lipinski definition) is 8. The van der Waals surface area contributed by atoms with E-state index in [0.29, 0.717) is 13.2 Å². The number of alkyl carbamates (subject to hydrolysis) is 1. The SMILES string of the molecule is CC[C@@H]1COCC1OC(=O)N[C@@H](C)[C@H](O)CN(OC1CCCC1)S(=O)(=O)c1ccc(O)cc1. The molecule has 3 N–H and O–H groups in total. The number of benzene rings is 1. The first-order valence-corrected chi connectivity index (χ1v) is 12.9. The number of hydroxylamine groups is 1. The highest BCUT2D eigenvalue weighted by Gasteiger charge is 2.34. The van der Waals surface area contributed by atoms with E-state index in [0.717, 1.165) is 36.6 Å². The Kier molecular flexibility index (Phi) is 8.94. The number of ether oxygens (including phenoxy) is 2. The summed E-state index contributed by atoms with van der Waals surface area (Å²) in [5.74, 6) is 0.0632. The van der Waals surface area contributed by atoms with E-state index in [1.54, 1.807) is 6.92 Å². The first kappa shape index (κ1) is 25.7. The lowest BCUT2D eigenvalue weighted by atomic mass is 10.0. The Morgan fingerprint density at radius 1 is 1.24 bits per heavy atom. The summed E-state index contributed by atoms with van der Waals surface area (Å²) in [7, 11) is -4.11. The molecule has 0 spiro atoms. The number of carbonyl (C=O) groups excluding carboxylic acids is 1. The standard InChI is InChI=1S/C22H34N2O8S/c1-3-16-13-30-14-21(16)31-22(27)23-15(2)20(26)12-24(32-18-6-4-5-7-18)33(28,29)19-10-8-17(25)9-11-19/h8-11,15-16,18,20-21,25-26H,3-7,12-14H2,1-2H3,(H,23,27)/t15-,16+,20+,21?/m0/s1. The number of amides is 1. The summed E-state index contributed by atoms with van der Waals surface area (Å²) in [6.07, 6.45) is 1.56. The second-order valence-corrected chi connectivity index (χ2v) is 10.5. The zero-order chi connectivity index (χ0) is 24.0. The van der Waals surface area contributed by atoms with Gasteiger partial charge in [-0.25, -0.2) is 13.2 Å². The maximum absolute atomic E-state index is 13.2. The Labute approximate surface area is 194 Å². The predicted octanol–water partition coefficient (Wildman–Crippen LogP) is 2.16. The minimum absolute atomic E-state index is 0.0634. The summed E-state index contributed by atoms with van der Waals surface area (Å²) in [6.45, 7) is 4.04. The number of hydrogen-bond donors (Lipinski definition) is 3. The highest BCUT2D eigenvalue weighted by Crippen LogP contribution is 2.26. The average molecular weight is 487 g/mol. The van der Waals surface area contributed by atoms with Crippen LogP contribution in [0, 0.1) is 5.92 Å². The van der Waals surface area contributed by atoms with Crippen molar-refractivity contribution in [3.05, 3.63) is 24.3 Å². The molecule has 1 aromatic rings. The van der Waals surface area contributed by atoms with Gasteiger partial charge in [0.25, 0.3) is 10.0 Å². The highest BCUT2D eigenvalue weighted by atomic mass is 32.2. The van der Waals surface area contributed by atoms with Crippen LogP contribution in [0.25, 0.3) is 0 Å². The van der Waals surface area contributed by atoms with Crippen LogP contribution in [0.4, 0.5) is 4.79 Å². The summed E-state index contributed by atoms with van der Waals surface area (Å²) in [5.41, 5.74) is 0. The maximum Gasteiger partial charge on any atom is 0.407 e. The Bertz CT molecular complexity index is 873. The van der Waals surface area contributed by atoms with Crippen LogP contribution in [0.3, 0.4) is 0 Å². The number of rotatable bonds is 10. The smallest absolute Gasteiger partial charge is 0.407 e. The van der Waals surface area contributed by atoms with E-state index in [-0.39, 0.29) is 35.3 Å². The summed E-state index contributed by atoms with van der Waals surface area (Å²) < 4.78 is 38.0. The number of nitrogens with one attached hydrogen (secondary N) is 1. The van der Waals surface area contributed by atoms with Crippen molar-refractivity contribution in [3.8, 4) is 5.75 Å². The fraction of sp³-hybridized carbons (Fsp3) is 0.682. The number of nitrogens with zero attached hydrogens (tertiary/aromatic N) is 1. The van der Waals surface area contributed by atoms with E-state index < -0.39 is 28.3 Å².